The summed E-state index contributed by atoms with van der Waals surface area (Å²) in [6, 6.07) is 0.359. The summed E-state index contributed by atoms with van der Waals surface area (Å²) in [4.78, 5) is 2.22. The summed E-state index contributed by atoms with van der Waals surface area (Å²) in [7, 11) is 2.06. The van der Waals surface area contributed by atoms with Gasteiger partial charge >= 0.3 is 0 Å². The van der Waals surface area contributed by atoms with Crippen LogP contribution in [-0.2, 0) is 0 Å². The number of aliphatic hydroxyl groups is 1. The molecule has 3 nitrogen and oxygen atoms in total. The van der Waals surface area contributed by atoms with Crippen LogP contribution in [0, 0.1) is 0 Å². The van der Waals surface area contributed by atoms with Crippen LogP contribution in [0.25, 0.3) is 0 Å². The van der Waals surface area contributed by atoms with Gasteiger partial charge in [-0.05, 0) is 26.4 Å². The maximum Gasteiger partial charge on any atom is 0.0597 e. The second-order valence-electron chi connectivity index (χ2n) is 3.04. The maximum atomic E-state index is 8.76. The molecule has 0 spiro atoms. The highest BCUT2D eigenvalue weighted by Crippen LogP contribution is 2.16. The van der Waals surface area contributed by atoms with Crippen molar-refractivity contribution in [1.82, 2.24) is 4.90 Å². The molecule has 1 fully saturated rings. The molecule has 2 atom stereocenters. The topological polar surface area (TPSA) is 49.5 Å². The smallest absolute Gasteiger partial charge is 0.0597 e. The minimum absolute atomic E-state index is 0.0486. The molecule has 0 radical (unpaired) electrons. The van der Waals surface area contributed by atoms with Crippen LogP contribution < -0.4 is 5.73 Å². The van der Waals surface area contributed by atoms with Gasteiger partial charge in [-0.15, -0.1) is 0 Å². The lowest BCUT2D eigenvalue weighted by Crippen LogP contribution is -2.44. The monoisotopic (exact) mass is 144 g/mol. The Labute approximate surface area is 61.8 Å². The lowest BCUT2D eigenvalue weighted by atomic mass is 10.1. The Morgan fingerprint density at radius 3 is 2.90 bits per heavy atom. The third-order valence-corrected chi connectivity index (χ3v) is 2.28. The van der Waals surface area contributed by atoms with E-state index in [9.17, 15) is 0 Å². The van der Waals surface area contributed by atoms with Gasteiger partial charge in [0, 0.05) is 12.1 Å². The van der Waals surface area contributed by atoms with Gasteiger partial charge in [-0.1, -0.05) is 0 Å². The summed E-state index contributed by atoms with van der Waals surface area (Å²) >= 11 is 0. The summed E-state index contributed by atoms with van der Waals surface area (Å²) in [6.07, 6.45) is 2.35. The van der Waals surface area contributed by atoms with Crippen molar-refractivity contribution < 1.29 is 5.11 Å². The number of likely N-dealkylation sites (N-methyl/N-ethyl adjacent to an activating group) is 1. The van der Waals surface area contributed by atoms with Gasteiger partial charge in [-0.3, -0.25) is 0 Å². The Morgan fingerprint density at radius 1 is 1.80 bits per heavy atom. The highest BCUT2D eigenvalue weighted by molar-refractivity contribution is 4.84. The number of aliphatic hydroxyl groups excluding tert-OH is 1. The molecule has 60 valence electrons. The van der Waals surface area contributed by atoms with Crippen LogP contribution in [0.5, 0.6) is 0 Å². The van der Waals surface area contributed by atoms with Crippen LogP contribution in [-0.4, -0.2) is 42.3 Å². The second kappa shape index (κ2) is 3.32. The number of hydrogen-bond donors (Lipinski definition) is 2. The van der Waals surface area contributed by atoms with E-state index in [1.165, 1.54) is 6.42 Å². The first-order chi connectivity index (χ1) is 4.75. The average molecular weight is 144 g/mol. The molecule has 0 amide bonds. The van der Waals surface area contributed by atoms with Crippen molar-refractivity contribution in [2.45, 2.75) is 24.9 Å². The third-order valence-electron chi connectivity index (χ3n) is 2.28. The van der Waals surface area contributed by atoms with Crippen molar-refractivity contribution in [2.75, 3.05) is 20.2 Å². The molecule has 0 aromatic heterocycles. The zero-order chi connectivity index (χ0) is 7.56. The number of likely N-dealkylation sites (tertiary alicyclic amines) is 1. The lowest BCUT2D eigenvalue weighted by molar-refractivity contribution is 0.191. The van der Waals surface area contributed by atoms with Gasteiger partial charge in [-0.2, -0.15) is 0 Å². The van der Waals surface area contributed by atoms with Gasteiger partial charge < -0.3 is 15.7 Å². The fraction of sp³-hybridized carbons (Fsp3) is 1.00. The molecule has 1 aliphatic rings. The van der Waals surface area contributed by atoms with Crippen LogP contribution >= 0.6 is 0 Å². The van der Waals surface area contributed by atoms with E-state index in [0.717, 1.165) is 13.0 Å². The quantitative estimate of drug-likeness (QED) is 0.544. The Balaban J connectivity index is 2.38. The molecule has 1 heterocycles. The highest BCUT2D eigenvalue weighted by atomic mass is 16.3. The molecule has 1 saturated heterocycles. The van der Waals surface area contributed by atoms with Crippen molar-refractivity contribution in [3.8, 4) is 0 Å². The van der Waals surface area contributed by atoms with Crippen LogP contribution in [0.15, 0.2) is 0 Å². The molecule has 0 unspecified atom stereocenters. The molecule has 0 aliphatic carbocycles. The Morgan fingerprint density at radius 2 is 2.50 bits per heavy atom. The second-order valence-corrected chi connectivity index (χ2v) is 3.04. The van der Waals surface area contributed by atoms with E-state index in [-0.39, 0.29) is 12.6 Å². The van der Waals surface area contributed by atoms with Gasteiger partial charge in [0.05, 0.1) is 6.61 Å². The largest absolute Gasteiger partial charge is 0.395 e. The normalized spacial score (nSPS) is 30.9. The summed E-state index contributed by atoms with van der Waals surface area (Å²) in [5, 5.41) is 8.76. The van der Waals surface area contributed by atoms with Crippen LogP contribution in [0.3, 0.4) is 0 Å². The zero-order valence-electron chi connectivity index (χ0n) is 6.45. The van der Waals surface area contributed by atoms with Gasteiger partial charge in [0.25, 0.3) is 0 Å². The first-order valence-corrected chi connectivity index (χ1v) is 3.82. The van der Waals surface area contributed by atoms with Crippen LogP contribution in [0.1, 0.15) is 12.8 Å². The standard InChI is InChI=1S/C7H16N2O/c1-9-4-2-3-7(9)6(8)5-10/h6-7,10H,2-5,8H2,1H3/t6-,7-/m0/s1. The van der Waals surface area contributed by atoms with E-state index in [1.807, 2.05) is 0 Å². The molecule has 1 rings (SSSR count). The lowest BCUT2D eigenvalue weighted by Gasteiger charge is -2.23. The van der Waals surface area contributed by atoms with Crippen LogP contribution in [0.2, 0.25) is 0 Å². The van der Waals surface area contributed by atoms with E-state index in [0.29, 0.717) is 6.04 Å². The van der Waals surface area contributed by atoms with E-state index < -0.39 is 0 Å². The van der Waals surface area contributed by atoms with Crippen molar-refractivity contribution in [3.63, 3.8) is 0 Å². The summed E-state index contributed by atoms with van der Waals surface area (Å²) in [5.41, 5.74) is 5.68. The van der Waals surface area contributed by atoms with E-state index in [1.54, 1.807) is 0 Å². The van der Waals surface area contributed by atoms with Crippen molar-refractivity contribution in [3.05, 3.63) is 0 Å². The first-order valence-electron chi connectivity index (χ1n) is 3.82. The zero-order valence-corrected chi connectivity index (χ0v) is 6.45. The van der Waals surface area contributed by atoms with Gasteiger partial charge in [-0.25, -0.2) is 0 Å². The van der Waals surface area contributed by atoms with Crippen LogP contribution in [0.4, 0.5) is 0 Å². The van der Waals surface area contributed by atoms with Gasteiger partial charge in [0.1, 0.15) is 0 Å². The molecule has 0 aromatic rings. The van der Waals surface area contributed by atoms with Crippen molar-refractivity contribution in [2.24, 2.45) is 5.73 Å². The maximum absolute atomic E-state index is 8.76. The van der Waals surface area contributed by atoms with E-state index in [4.69, 9.17) is 10.8 Å². The number of hydrogen-bond acceptors (Lipinski definition) is 3. The molecule has 0 aromatic carbocycles. The van der Waals surface area contributed by atoms with Crippen molar-refractivity contribution >= 4 is 0 Å². The molecule has 10 heavy (non-hydrogen) atoms. The minimum Gasteiger partial charge on any atom is -0.395 e. The Kier molecular flexibility index (Phi) is 2.65. The van der Waals surface area contributed by atoms with Gasteiger partial charge in [0.2, 0.25) is 0 Å². The van der Waals surface area contributed by atoms with E-state index >= 15 is 0 Å². The number of nitrogens with zero attached hydrogens (tertiary/aromatic N) is 1. The minimum atomic E-state index is -0.0486. The summed E-state index contributed by atoms with van der Waals surface area (Å²) in [5.74, 6) is 0. The Bertz CT molecular complexity index is 108. The summed E-state index contributed by atoms with van der Waals surface area (Å²) in [6.45, 7) is 1.23. The molecule has 0 saturated carbocycles. The number of rotatable bonds is 2. The fourth-order valence-electron chi connectivity index (χ4n) is 1.60. The fourth-order valence-corrected chi connectivity index (χ4v) is 1.60. The van der Waals surface area contributed by atoms with Crippen molar-refractivity contribution in [1.29, 1.82) is 0 Å². The first kappa shape index (κ1) is 7.98. The average Bonchev–Trinajstić information content (AvgIpc) is 2.34. The predicted octanol–water partition coefficient (Wildman–Crippen LogP) is -0.600. The number of nitrogens with two attached hydrogens (primary N) is 1. The summed E-state index contributed by atoms with van der Waals surface area (Å²) < 4.78 is 0. The Hall–Kier alpha value is -0.120. The molecule has 0 bridgehead atoms. The SMILES string of the molecule is CN1CCC[C@H]1[C@@H](N)CO. The predicted molar refractivity (Wildman–Crippen MR) is 40.7 cm³/mol. The molecule has 3 N–H and O–H groups in total. The molecular formula is C7H16N2O. The highest BCUT2D eigenvalue weighted by Gasteiger charge is 2.25. The van der Waals surface area contributed by atoms with E-state index in [2.05, 4.69) is 11.9 Å². The molecule has 3 heteroatoms. The third kappa shape index (κ3) is 1.48. The molecule has 1 aliphatic heterocycles. The molecular weight excluding hydrogens is 128 g/mol. The van der Waals surface area contributed by atoms with Gasteiger partial charge in [0.15, 0.2) is 0 Å².